The van der Waals surface area contributed by atoms with Crippen molar-refractivity contribution < 1.29 is 9.90 Å². The number of aliphatic carboxylic acids is 1. The topological polar surface area (TPSA) is 42.2 Å². The molecular weight excluding hydrogens is 250 g/mol. The molecule has 1 N–H and O–H groups in total. The van der Waals surface area contributed by atoms with Gasteiger partial charge in [-0.15, -0.1) is 0 Å². The molecule has 0 atom stereocenters. The summed E-state index contributed by atoms with van der Waals surface area (Å²) in [5.41, 5.74) is 2.44. The molecule has 1 aliphatic carbocycles. The number of benzene rings is 1. The lowest BCUT2D eigenvalue weighted by Gasteiger charge is -2.26. The highest BCUT2D eigenvalue weighted by molar-refractivity contribution is 5.81. The van der Waals surface area contributed by atoms with Crippen molar-refractivity contribution in [3.8, 4) is 0 Å². The van der Waals surface area contributed by atoms with Gasteiger partial charge in [-0.1, -0.05) is 37.5 Å². The number of aryl methyl sites for hydroxylation is 1. The third kappa shape index (κ3) is 2.58. The van der Waals surface area contributed by atoms with Crippen molar-refractivity contribution in [2.45, 2.75) is 51.0 Å². The highest BCUT2D eigenvalue weighted by Gasteiger charge is 2.20. The van der Waals surface area contributed by atoms with Gasteiger partial charge in [0.1, 0.15) is 0 Å². The van der Waals surface area contributed by atoms with Gasteiger partial charge >= 0.3 is 5.97 Å². The van der Waals surface area contributed by atoms with Crippen LogP contribution in [0.25, 0.3) is 10.9 Å². The first-order valence-corrected chi connectivity index (χ1v) is 7.56. The number of carboxylic acid groups (broad SMARTS) is 1. The van der Waals surface area contributed by atoms with Crippen LogP contribution in [0.2, 0.25) is 0 Å². The normalized spacial score (nSPS) is 16.6. The number of rotatable bonds is 4. The van der Waals surface area contributed by atoms with E-state index in [0.29, 0.717) is 12.5 Å². The summed E-state index contributed by atoms with van der Waals surface area (Å²) in [5.74, 6) is -0.717. The second-order valence-corrected chi connectivity index (χ2v) is 5.75. The zero-order valence-corrected chi connectivity index (χ0v) is 11.7. The van der Waals surface area contributed by atoms with Gasteiger partial charge in [-0.05, 0) is 36.8 Å². The second kappa shape index (κ2) is 5.70. The summed E-state index contributed by atoms with van der Waals surface area (Å²) in [6.07, 6.45) is 7.19. The highest BCUT2D eigenvalue weighted by Crippen LogP contribution is 2.34. The van der Waals surface area contributed by atoms with Gasteiger partial charge in [0, 0.05) is 17.3 Å². The molecule has 1 aromatic heterocycles. The monoisotopic (exact) mass is 271 g/mol. The van der Waals surface area contributed by atoms with Gasteiger partial charge in [0.25, 0.3) is 0 Å². The van der Waals surface area contributed by atoms with Crippen LogP contribution in [-0.4, -0.2) is 15.6 Å². The van der Waals surface area contributed by atoms with Crippen LogP contribution in [0.15, 0.2) is 30.3 Å². The van der Waals surface area contributed by atoms with E-state index in [2.05, 4.69) is 34.9 Å². The van der Waals surface area contributed by atoms with E-state index in [9.17, 15) is 4.79 Å². The van der Waals surface area contributed by atoms with Crippen LogP contribution in [0.5, 0.6) is 0 Å². The molecule has 0 unspecified atom stereocenters. The number of fused-ring (bicyclic) bond motifs is 1. The summed E-state index contributed by atoms with van der Waals surface area (Å²) < 4.78 is 2.41. The number of aromatic nitrogens is 1. The number of para-hydroxylation sites is 1. The predicted molar refractivity (Wildman–Crippen MR) is 80.0 cm³/mol. The van der Waals surface area contributed by atoms with E-state index in [1.165, 1.54) is 48.7 Å². The summed E-state index contributed by atoms with van der Waals surface area (Å²) in [4.78, 5) is 10.9. The number of hydrogen-bond donors (Lipinski definition) is 1. The van der Waals surface area contributed by atoms with E-state index in [1.807, 2.05) is 0 Å². The van der Waals surface area contributed by atoms with Crippen LogP contribution in [0.4, 0.5) is 0 Å². The maximum atomic E-state index is 10.9. The molecular formula is C17H21NO2. The fourth-order valence-corrected chi connectivity index (χ4v) is 3.43. The lowest BCUT2D eigenvalue weighted by atomic mass is 9.95. The molecule has 106 valence electrons. The molecule has 0 spiro atoms. The zero-order chi connectivity index (χ0) is 13.9. The fraction of sp³-hybridized carbons (Fsp3) is 0.471. The minimum absolute atomic E-state index is 0.211. The maximum absolute atomic E-state index is 10.9. The van der Waals surface area contributed by atoms with Crippen molar-refractivity contribution in [3.05, 3.63) is 36.0 Å². The lowest BCUT2D eigenvalue weighted by Crippen LogP contribution is -2.15. The molecule has 0 bridgehead atoms. The Hall–Kier alpha value is -1.77. The van der Waals surface area contributed by atoms with E-state index in [-0.39, 0.29) is 6.42 Å². The first-order chi connectivity index (χ1) is 9.75. The molecule has 2 aromatic rings. The average molecular weight is 271 g/mol. The van der Waals surface area contributed by atoms with Gasteiger partial charge in [0.2, 0.25) is 0 Å². The minimum atomic E-state index is -0.717. The van der Waals surface area contributed by atoms with E-state index in [0.717, 1.165) is 0 Å². The SMILES string of the molecule is O=C(O)CCc1cc2ccccc2n1C1CCCCC1. The molecule has 1 aromatic carbocycles. The number of nitrogens with zero attached hydrogens (tertiary/aromatic N) is 1. The molecule has 3 nitrogen and oxygen atoms in total. The number of carboxylic acids is 1. The summed E-state index contributed by atoms with van der Waals surface area (Å²) in [6.45, 7) is 0. The summed E-state index contributed by atoms with van der Waals surface area (Å²) in [6, 6.07) is 11.1. The van der Waals surface area contributed by atoms with Gasteiger partial charge in [0.05, 0.1) is 6.42 Å². The minimum Gasteiger partial charge on any atom is -0.481 e. The lowest BCUT2D eigenvalue weighted by molar-refractivity contribution is -0.137. The molecule has 3 rings (SSSR count). The third-order valence-corrected chi connectivity index (χ3v) is 4.36. The Morgan fingerprint density at radius 3 is 2.70 bits per heavy atom. The van der Waals surface area contributed by atoms with Crippen molar-refractivity contribution in [1.29, 1.82) is 0 Å². The Labute approximate surface area is 119 Å². The predicted octanol–water partition coefficient (Wildman–Crippen LogP) is 4.16. The number of hydrogen-bond acceptors (Lipinski definition) is 1. The first kappa shape index (κ1) is 13.2. The standard InChI is InChI=1S/C17H21NO2/c19-17(20)11-10-15-12-13-6-4-5-9-16(13)18(15)14-7-2-1-3-8-14/h4-6,9,12,14H,1-3,7-8,10-11H2,(H,19,20). The Morgan fingerprint density at radius 2 is 1.95 bits per heavy atom. The van der Waals surface area contributed by atoms with Gasteiger partial charge in [-0.3, -0.25) is 4.79 Å². The first-order valence-electron chi connectivity index (χ1n) is 7.56. The molecule has 0 amide bonds. The molecule has 0 radical (unpaired) electrons. The molecule has 1 fully saturated rings. The second-order valence-electron chi connectivity index (χ2n) is 5.75. The van der Waals surface area contributed by atoms with Crippen LogP contribution < -0.4 is 0 Å². The molecule has 0 aliphatic heterocycles. The fourth-order valence-electron chi connectivity index (χ4n) is 3.43. The Balaban J connectivity index is 2.00. The Kier molecular flexibility index (Phi) is 3.77. The summed E-state index contributed by atoms with van der Waals surface area (Å²) in [5, 5.41) is 10.2. The van der Waals surface area contributed by atoms with E-state index in [1.54, 1.807) is 0 Å². The largest absolute Gasteiger partial charge is 0.481 e. The van der Waals surface area contributed by atoms with Gasteiger partial charge < -0.3 is 9.67 Å². The Morgan fingerprint density at radius 1 is 1.20 bits per heavy atom. The molecule has 0 saturated heterocycles. The number of carbonyl (C=O) groups is 1. The van der Waals surface area contributed by atoms with Crippen LogP contribution >= 0.6 is 0 Å². The summed E-state index contributed by atoms with van der Waals surface area (Å²) in [7, 11) is 0. The van der Waals surface area contributed by atoms with Crippen LogP contribution in [0.3, 0.4) is 0 Å². The maximum Gasteiger partial charge on any atom is 0.303 e. The third-order valence-electron chi connectivity index (χ3n) is 4.36. The Bertz CT molecular complexity index is 608. The van der Waals surface area contributed by atoms with Crippen LogP contribution in [-0.2, 0) is 11.2 Å². The van der Waals surface area contributed by atoms with E-state index < -0.39 is 5.97 Å². The van der Waals surface area contributed by atoms with Gasteiger partial charge in [-0.25, -0.2) is 0 Å². The highest BCUT2D eigenvalue weighted by atomic mass is 16.4. The summed E-state index contributed by atoms with van der Waals surface area (Å²) >= 11 is 0. The average Bonchev–Trinajstić information content (AvgIpc) is 2.84. The molecule has 1 aliphatic rings. The molecule has 20 heavy (non-hydrogen) atoms. The van der Waals surface area contributed by atoms with Crippen molar-refractivity contribution in [3.63, 3.8) is 0 Å². The van der Waals surface area contributed by atoms with Crippen molar-refractivity contribution in [2.75, 3.05) is 0 Å². The van der Waals surface area contributed by atoms with Crippen molar-refractivity contribution in [2.24, 2.45) is 0 Å². The van der Waals surface area contributed by atoms with Crippen molar-refractivity contribution >= 4 is 16.9 Å². The smallest absolute Gasteiger partial charge is 0.303 e. The van der Waals surface area contributed by atoms with E-state index >= 15 is 0 Å². The van der Waals surface area contributed by atoms with Crippen LogP contribution in [0.1, 0.15) is 50.3 Å². The zero-order valence-electron chi connectivity index (χ0n) is 11.7. The quantitative estimate of drug-likeness (QED) is 0.907. The van der Waals surface area contributed by atoms with Crippen molar-refractivity contribution in [1.82, 2.24) is 4.57 Å². The molecule has 3 heteroatoms. The molecule has 1 saturated carbocycles. The van der Waals surface area contributed by atoms with E-state index in [4.69, 9.17) is 5.11 Å². The van der Waals surface area contributed by atoms with Crippen LogP contribution in [0, 0.1) is 0 Å². The van der Waals surface area contributed by atoms with Gasteiger partial charge in [-0.2, -0.15) is 0 Å². The molecule has 1 heterocycles. The van der Waals surface area contributed by atoms with Gasteiger partial charge in [0.15, 0.2) is 0 Å².